The van der Waals surface area contributed by atoms with E-state index < -0.39 is 35.2 Å². The van der Waals surface area contributed by atoms with Crippen molar-refractivity contribution < 1.29 is 31.9 Å². The number of nitrogens with two attached hydrogens (primary N) is 1. The van der Waals surface area contributed by atoms with Gasteiger partial charge in [0, 0.05) is 5.56 Å². The molecule has 2 amide bonds. The maximum absolute atomic E-state index is 13.5. The van der Waals surface area contributed by atoms with Gasteiger partial charge in [0.05, 0.1) is 23.3 Å². The highest BCUT2D eigenvalue weighted by atomic mass is 19.4. The SMILES string of the molecule is C[C@H](CC(=N)c1ccc(NC(=O)c2nc(-c3ccccc3)oc2C(F)(F)F)cn1)CC(C)(C)OC(N)=O. The number of hydrogen-bond acceptors (Lipinski definition) is 7. The molecule has 0 aliphatic heterocycles. The minimum absolute atomic E-state index is 0.0465. The molecule has 4 N–H and O–H groups in total. The number of carbonyl (C=O) groups excluding carboxylic acids is 2. The van der Waals surface area contributed by atoms with Crippen LogP contribution in [-0.4, -0.2) is 33.3 Å². The first-order valence-electron chi connectivity index (χ1n) is 11.2. The molecular formula is C25H26F3N5O4. The van der Waals surface area contributed by atoms with Crippen molar-refractivity contribution in [2.75, 3.05) is 5.32 Å². The number of aromatic nitrogens is 2. The van der Waals surface area contributed by atoms with E-state index in [1.165, 1.54) is 30.5 Å². The minimum atomic E-state index is -4.93. The van der Waals surface area contributed by atoms with Crippen LogP contribution in [0, 0.1) is 11.3 Å². The number of primary amides is 1. The maximum atomic E-state index is 13.5. The van der Waals surface area contributed by atoms with Crippen LogP contribution in [0.2, 0.25) is 0 Å². The summed E-state index contributed by atoms with van der Waals surface area (Å²) in [5.41, 5.74) is 4.30. The van der Waals surface area contributed by atoms with Gasteiger partial charge >= 0.3 is 12.3 Å². The van der Waals surface area contributed by atoms with E-state index in [2.05, 4.69) is 15.3 Å². The summed E-state index contributed by atoms with van der Waals surface area (Å²) in [5.74, 6) is -3.01. The van der Waals surface area contributed by atoms with Gasteiger partial charge in [0.1, 0.15) is 5.60 Å². The molecule has 196 valence electrons. The number of amides is 2. The van der Waals surface area contributed by atoms with Gasteiger partial charge in [0.2, 0.25) is 11.7 Å². The highest BCUT2D eigenvalue weighted by molar-refractivity contribution is 6.04. The summed E-state index contributed by atoms with van der Waals surface area (Å²) in [7, 11) is 0. The molecule has 0 saturated heterocycles. The van der Waals surface area contributed by atoms with Crippen molar-refractivity contribution in [3.8, 4) is 11.5 Å². The zero-order chi connectivity index (χ0) is 27.4. The van der Waals surface area contributed by atoms with Gasteiger partial charge < -0.3 is 25.6 Å². The predicted molar refractivity (Wildman–Crippen MR) is 129 cm³/mol. The number of pyridine rings is 1. The summed E-state index contributed by atoms with van der Waals surface area (Å²) >= 11 is 0. The molecule has 0 bridgehead atoms. The summed E-state index contributed by atoms with van der Waals surface area (Å²) in [5, 5.41) is 10.6. The Labute approximate surface area is 210 Å². The number of oxazole rings is 1. The first-order valence-corrected chi connectivity index (χ1v) is 11.2. The fourth-order valence-corrected chi connectivity index (χ4v) is 3.89. The number of hydrogen-bond donors (Lipinski definition) is 3. The van der Waals surface area contributed by atoms with Gasteiger partial charge in [0.15, 0.2) is 5.69 Å². The lowest BCUT2D eigenvalue weighted by atomic mass is 9.90. The average Bonchev–Trinajstić information content (AvgIpc) is 3.25. The number of alkyl halides is 3. The molecule has 0 radical (unpaired) electrons. The summed E-state index contributed by atoms with van der Waals surface area (Å²) in [6.45, 7) is 5.32. The fourth-order valence-electron chi connectivity index (χ4n) is 3.89. The quantitative estimate of drug-likeness (QED) is 0.312. The van der Waals surface area contributed by atoms with Crippen molar-refractivity contribution in [2.24, 2.45) is 11.7 Å². The second-order valence-corrected chi connectivity index (χ2v) is 9.12. The lowest BCUT2D eigenvalue weighted by Gasteiger charge is -2.27. The van der Waals surface area contributed by atoms with Gasteiger partial charge in [-0.15, -0.1) is 0 Å². The van der Waals surface area contributed by atoms with Gasteiger partial charge in [-0.05, 0) is 56.9 Å². The lowest BCUT2D eigenvalue weighted by Crippen LogP contribution is -2.33. The number of nitrogens with one attached hydrogen (secondary N) is 2. The van der Waals surface area contributed by atoms with Gasteiger partial charge in [-0.3, -0.25) is 9.78 Å². The van der Waals surface area contributed by atoms with Crippen molar-refractivity contribution in [1.82, 2.24) is 9.97 Å². The third-order valence-electron chi connectivity index (χ3n) is 5.22. The Hall–Kier alpha value is -4.22. The number of carbonyl (C=O) groups is 2. The standard InChI is InChI=1S/C25H26F3N5O4/c1-14(12-24(2,3)37-23(30)35)11-17(29)18-10-9-16(13-31-18)32-21(34)19-20(25(26,27)28)36-22(33-19)15-7-5-4-6-8-15/h4-10,13-14,29H,11-12H2,1-3H3,(H2,30,35)(H,32,34)/t14-/m1/s1. The van der Waals surface area contributed by atoms with E-state index in [0.29, 0.717) is 18.5 Å². The molecule has 2 heterocycles. The van der Waals surface area contributed by atoms with Gasteiger partial charge in [-0.2, -0.15) is 13.2 Å². The van der Waals surface area contributed by atoms with Crippen LogP contribution in [0.3, 0.4) is 0 Å². The smallest absolute Gasteiger partial charge is 0.444 e. The predicted octanol–water partition coefficient (Wildman–Crippen LogP) is 5.67. The van der Waals surface area contributed by atoms with Crippen molar-refractivity contribution in [3.05, 3.63) is 65.8 Å². The first kappa shape index (κ1) is 27.4. The summed E-state index contributed by atoms with van der Waals surface area (Å²) in [6, 6.07) is 10.8. The number of anilines is 1. The molecule has 1 atom stereocenters. The third kappa shape index (κ3) is 7.38. The van der Waals surface area contributed by atoms with Crippen LogP contribution >= 0.6 is 0 Å². The summed E-state index contributed by atoms with van der Waals surface area (Å²) in [6.07, 6.45) is -3.80. The van der Waals surface area contributed by atoms with Crippen LogP contribution in [0.15, 0.2) is 53.1 Å². The molecule has 1 aromatic carbocycles. The number of benzene rings is 1. The number of halogens is 3. The zero-order valence-electron chi connectivity index (χ0n) is 20.3. The zero-order valence-corrected chi connectivity index (χ0v) is 20.3. The summed E-state index contributed by atoms with van der Waals surface area (Å²) in [4.78, 5) is 31.6. The van der Waals surface area contributed by atoms with Crippen molar-refractivity contribution in [2.45, 2.75) is 45.4 Å². The van der Waals surface area contributed by atoms with E-state index in [4.69, 9.17) is 20.3 Å². The van der Waals surface area contributed by atoms with Crippen molar-refractivity contribution in [3.63, 3.8) is 0 Å². The molecule has 3 rings (SSSR count). The lowest BCUT2D eigenvalue weighted by molar-refractivity contribution is -0.153. The van der Waals surface area contributed by atoms with Crippen LogP contribution in [0.1, 0.15) is 55.6 Å². The average molecular weight is 518 g/mol. The van der Waals surface area contributed by atoms with Crippen LogP contribution in [0.25, 0.3) is 11.5 Å². The van der Waals surface area contributed by atoms with E-state index in [0.717, 1.165) is 0 Å². The second kappa shape index (κ2) is 10.8. The molecule has 2 aromatic heterocycles. The van der Waals surface area contributed by atoms with Crippen LogP contribution < -0.4 is 11.1 Å². The molecule has 0 aliphatic carbocycles. The molecule has 0 unspecified atom stereocenters. The second-order valence-electron chi connectivity index (χ2n) is 9.12. The molecule has 9 nitrogen and oxygen atoms in total. The molecule has 37 heavy (non-hydrogen) atoms. The Bertz CT molecular complexity index is 1270. The van der Waals surface area contributed by atoms with Crippen LogP contribution in [0.5, 0.6) is 0 Å². The number of nitrogens with zero attached hydrogens (tertiary/aromatic N) is 2. The molecular weight excluding hydrogens is 491 g/mol. The minimum Gasteiger partial charge on any atom is -0.444 e. The molecule has 3 aromatic rings. The third-order valence-corrected chi connectivity index (χ3v) is 5.22. The van der Waals surface area contributed by atoms with E-state index in [1.807, 2.05) is 6.92 Å². The normalized spacial score (nSPS) is 12.6. The van der Waals surface area contributed by atoms with Crippen molar-refractivity contribution >= 4 is 23.4 Å². The monoisotopic (exact) mass is 517 g/mol. The molecule has 0 spiro atoms. The van der Waals surface area contributed by atoms with Gasteiger partial charge in [-0.1, -0.05) is 25.1 Å². The fraction of sp³-hybridized carbons (Fsp3) is 0.320. The molecule has 0 aliphatic rings. The van der Waals surface area contributed by atoms with E-state index in [-0.39, 0.29) is 28.8 Å². The topological polar surface area (TPSA) is 144 Å². The highest BCUT2D eigenvalue weighted by Gasteiger charge is 2.42. The van der Waals surface area contributed by atoms with Gasteiger partial charge in [-0.25, -0.2) is 9.78 Å². The largest absolute Gasteiger partial charge is 0.452 e. The van der Waals surface area contributed by atoms with Crippen LogP contribution in [-0.2, 0) is 10.9 Å². The Kier molecular flexibility index (Phi) is 7.99. The molecule has 0 fully saturated rings. The molecule has 12 heteroatoms. The summed E-state index contributed by atoms with van der Waals surface area (Å²) < 4.78 is 50.5. The Morgan fingerprint density at radius 1 is 1.16 bits per heavy atom. The molecule has 0 saturated carbocycles. The Balaban J connectivity index is 1.70. The Morgan fingerprint density at radius 3 is 2.41 bits per heavy atom. The van der Waals surface area contributed by atoms with Crippen LogP contribution in [0.4, 0.5) is 23.7 Å². The highest BCUT2D eigenvalue weighted by Crippen LogP contribution is 2.35. The number of rotatable bonds is 9. The Morgan fingerprint density at radius 2 is 1.84 bits per heavy atom. The maximum Gasteiger partial charge on any atom is 0.452 e. The van der Waals surface area contributed by atoms with E-state index in [9.17, 15) is 22.8 Å². The number of ether oxygens (including phenoxy) is 1. The van der Waals surface area contributed by atoms with E-state index >= 15 is 0 Å². The van der Waals surface area contributed by atoms with E-state index in [1.54, 1.807) is 32.0 Å². The van der Waals surface area contributed by atoms with Gasteiger partial charge in [0.25, 0.3) is 5.91 Å². The first-order chi connectivity index (χ1) is 17.2. The van der Waals surface area contributed by atoms with Crippen molar-refractivity contribution in [1.29, 1.82) is 5.41 Å².